The molecule has 0 aromatic carbocycles. The van der Waals surface area contributed by atoms with E-state index in [1.807, 2.05) is 16.8 Å². The van der Waals surface area contributed by atoms with Crippen LogP contribution in [-0.2, 0) is 11.3 Å². The van der Waals surface area contributed by atoms with Crippen LogP contribution in [0.4, 0.5) is 0 Å². The zero-order valence-corrected chi connectivity index (χ0v) is 11.9. The van der Waals surface area contributed by atoms with E-state index in [1.165, 1.54) is 6.42 Å². The van der Waals surface area contributed by atoms with Gasteiger partial charge in [0.05, 0.1) is 10.4 Å². The minimum absolute atomic E-state index is 0.000833. The molecule has 0 saturated heterocycles. The van der Waals surface area contributed by atoms with Gasteiger partial charge >= 0.3 is 0 Å². The third-order valence-corrected chi connectivity index (χ3v) is 4.77. The first kappa shape index (κ1) is 13.5. The number of carbonyl (C=O) groups excluding carboxylic acids is 1. The number of thiocarbonyl (C=S) groups is 1. The van der Waals surface area contributed by atoms with Gasteiger partial charge in [-0.2, -0.15) is 11.3 Å². The Morgan fingerprint density at radius 2 is 2.17 bits per heavy atom. The van der Waals surface area contributed by atoms with Gasteiger partial charge < -0.3 is 11.1 Å². The maximum absolute atomic E-state index is 12.4. The summed E-state index contributed by atoms with van der Waals surface area (Å²) >= 11 is 6.77. The molecular weight excluding hydrogens is 264 g/mol. The van der Waals surface area contributed by atoms with Crippen molar-refractivity contribution in [3.05, 3.63) is 22.4 Å². The average molecular weight is 282 g/mol. The maximum atomic E-state index is 12.4. The molecule has 0 spiro atoms. The van der Waals surface area contributed by atoms with Crippen LogP contribution in [0.3, 0.4) is 0 Å². The fourth-order valence-electron chi connectivity index (χ4n) is 2.49. The number of carbonyl (C=O) groups is 1. The van der Waals surface area contributed by atoms with Gasteiger partial charge in [0.2, 0.25) is 5.91 Å². The molecule has 3 N–H and O–H groups in total. The molecule has 0 aliphatic heterocycles. The van der Waals surface area contributed by atoms with Crippen molar-refractivity contribution in [3.8, 4) is 0 Å². The van der Waals surface area contributed by atoms with Gasteiger partial charge in [-0.05, 0) is 35.2 Å². The summed E-state index contributed by atoms with van der Waals surface area (Å²) in [5, 5.41) is 7.02. The predicted molar refractivity (Wildman–Crippen MR) is 78.5 cm³/mol. The van der Waals surface area contributed by atoms with E-state index < -0.39 is 5.41 Å². The third kappa shape index (κ3) is 2.72. The van der Waals surface area contributed by atoms with E-state index in [9.17, 15) is 4.79 Å². The molecule has 1 aliphatic rings. The molecule has 1 aromatic heterocycles. The van der Waals surface area contributed by atoms with Crippen LogP contribution in [0, 0.1) is 5.41 Å². The predicted octanol–water partition coefficient (Wildman–Crippen LogP) is 2.60. The second-order valence-electron chi connectivity index (χ2n) is 4.82. The van der Waals surface area contributed by atoms with Crippen molar-refractivity contribution in [2.75, 3.05) is 0 Å². The highest BCUT2D eigenvalue weighted by molar-refractivity contribution is 7.80. The van der Waals surface area contributed by atoms with E-state index in [0.717, 1.165) is 31.2 Å². The Balaban J connectivity index is 2.02. The van der Waals surface area contributed by atoms with Crippen LogP contribution in [0.1, 0.15) is 37.7 Å². The topological polar surface area (TPSA) is 55.1 Å². The molecule has 0 radical (unpaired) electrons. The van der Waals surface area contributed by atoms with Gasteiger partial charge in [0.15, 0.2) is 0 Å². The smallest absolute Gasteiger partial charge is 0.233 e. The number of thiophene rings is 1. The van der Waals surface area contributed by atoms with Crippen molar-refractivity contribution in [3.63, 3.8) is 0 Å². The summed E-state index contributed by atoms with van der Waals surface area (Å²) in [6.07, 6.45) is 4.81. The molecule has 0 unspecified atom stereocenters. The summed E-state index contributed by atoms with van der Waals surface area (Å²) in [6, 6.07) is 2.01. The van der Waals surface area contributed by atoms with Crippen molar-refractivity contribution in [2.45, 2.75) is 38.6 Å². The van der Waals surface area contributed by atoms with E-state index >= 15 is 0 Å². The van der Waals surface area contributed by atoms with Crippen LogP contribution < -0.4 is 11.1 Å². The zero-order valence-electron chi connectivity index (χ0n) is 10.3. The van der Waals surface area contributed by atoms with Crippen LogP contribution in [0.25, 0.3) is 0 Å². The molecule has 3 nitrogen and oxygen atoms in total. The molecule has 1 aromatic rings. The number of amides is 1. The first-order valence-electron chi connectivity index (χ1n) is 6.24. The van der Waals surface area contributed by atoms with Gasteiger partial charge in [-0.25, -0.2) is 0 Å². The molecule has 18 heavy (non-hydrogen) atoms. The first-order chi connectivity index (χ1) is 8.65. The summed E-state index contributed by atoms with van der Waals surface area (Å²) in [5.41, 5.74) is 6.34. The molecule has 2 rings (SSSR count). The second kappa shape index (κ2) is 5.80. The Morgan fingerprint density at radius 3 is 2.72 bits per heavy atom. The Labute approximate surface area is 117 Å². The molecule has 1 amide bonds. The Kier molecular flexibility index (Phi) is 4.35. The second-order valence-corrected chi connectivity index (χ2v) is 6.04. The number of nitrogens with two attached hydrogens (primary N) is 1. The molecule has 0 bridgehead atoms. The highest BCUT2D eigenvalue weighted by Gasteiger charge is 2.42. The van der Waals surface area contributed by atoms with E-state index in [2.05, 4.69) is 5.32 Å². The lowest BCUT2D eigenvalue weighted by molar-refractivity contribution is -0.129. The average Bonchev–Trinajstić information content (AvgIpc) is 2.89. The van der Waals surface area contributed by atoms with Crippen molar-refractivity contribution in [2.24, 2.45) is 11.1 Å². The Bertz CT molecular complexity index is 422. The SMILES string of the molecule is NC(=S)C1(C(=O)NCc2ccsc2)CCCCC1. The van der Waals surface area contributed by atoms with Crippen molar-refractivity contribution >= 4 is 34.5 Å². The number of hydrogen-bond acceptors (Lipinski definition) is 3. The molecule has 1 aliphatic carbocycles. The Morgan fingerprint density at radius 1 is 1.44 bits per heavy atom. The largest absolute Gasteiger partial charge is 0.392 e. The molecule has 5 heteroatoms. The molecule has 1 saturated carbocycles. The van der Waals surface area contributed by atoms with Gasteiger partial charge in [-0.3, -0.25) is 4.79 Å². The van der Waals surface area contributed by atoms with Gasteiger partial charge in [0, 0.05) is 6.54 Å². The molecule has 0 atom stereocenters. The van der Waals surface area contributed by atoms with Crippen LogP contribution in [0.5, 0.6) is 0 Å². The summed E-state index contributed by atoms with van der Waals surface area (Å²) in [4.78, 5) is 12.7. The highest BCUT2D eigenvalue weighted by atomic mass is 32.1. The molecule has 1 fully saturated rings. The highest BCUT2D eigenvalue weighted by Crippen LogP contribution is 2.37. The summed E-state index contributed by atoms with van der Waals surface area (Å²) in [6.45, 7) is 0.562. The molecular formula is C13H18N2OS2. The molecule has 98 valence electrons. The van der Waals surface area contributed by atoms with Crippen molar-refractivity contribution in [1.29, 1.82) is 0 Å². The number of rotatable bonds is 4. The maximum Gasteiger partial charge on any atom is 0.233 e. The van der Waals surface area contributed by atoms with Crippen LogP contribution in [0.15, 0.2) is 16.8 Å². The zero-order chi connectivity index (χ0) is 13.0. The number of nitrogens with one attached hydrogen (secondary N) is 1. The van der Waals surface area contributed by atoms with Gasteiger partial charge in [0.1, 0.15) is 0 Å². The van der Waals surface area contributed by atoms with Crippen LogP contribution in [0.2, 0.25) is 0 Å². The lowest BCUT2D eigenvalue weighted by Crippen LogP contribution is -2.49. The minimum atomic E-state index is -0.608. The summed E-state index contributed by atoms with van der Waals surface area (Å²) in [7, 11) is 0. The van der Waals surface area contributed by atoms with Crippen molar-refractivity contribution in [1.82, 2.24) is 5.32 Å². The van der Waals surface area contributed by atoms with Crippen molar-refractivity contribution < 1.29 is 4.79 Å². The monoisotopic (exact) mass is 282 g/mol. The summed E-state index contributed by atoms with van der Waals surface area (Å²) < 4.78 is 0. The lowest BCUT2D eigenvalue weighted by Gasteiger charge is -2.34. The lowest BCUT2D eigenvalue weighted by atomic mass is 9.73. The third-order valence-electron chi connectivity index (χ3n) is 3.65. The van der Waals surface area contributed by atoms with E-state index in [1.54, 1.807) is 11.3 Å². The summed E-state index contributed by atoms with van der Waals surface area (Å²) in [5.74, 6) is 0.000833. The van der Waals surface area contributed by atoms with Crippen LogP contribution >= 0.6 is 23.6 Å². The fourth-order valence-corrected chi connectivity index (χ4v) is 3.45. The standard InChI is InChI=1S/C13H18N2OS2/c14-11(17)13(5-2-1-3-6-13)12(16)15-8-10-4-7-18-9-10/h4,7,9H,1-3,5-6,8H2,(H2,14,17)(H,15,16). The number of hydrogen-bond donors (Lipinski definition) is 2. The minimum Gasteiger partial charge on any atom is -0.392 e. The Hall–Kier alpha value is -0.940. The van der Waals surface area contributed by atoms with E-state index in [-0.39, 0.29) is 5.91 Å². The fraction of sp³-hybridized carbons (Fsp3) is 0.538. The van der Waals surface area contributed by atoms with Gasteiger partial charge in [-0.1, -0.05) is 31.5 Å². The van der Waals surface area contributed by atoms with E-state index in [0.29, 0.717) is 11.5 Å². The first-order valence-corrected chi connectivity index (χ1v) is 7.59. The quantitative estimate of drug-likeness (QED) is 0.835. The van der Waals surface area contributed by atoms with Gasteiger partial charge in [0.25, 0.3) is 0 Å². The molecule has 1 heterocycles. The van der Waals surface area contributed by atoms with Crippen LogP contribution in [-0.4, -0.2) is 10.9 Å². The van der Waals surface area contributed by atoms with Gasteiger partial charge in [-0.15, -0.1) is 0 Å². The normalized spacial score (nSPS) is 18.2. The van der Waals surface area contributed by atoms with E-state index in [4.69, 9.17) is 18.0 Å².